The van der Waals surface area contributed by atoms with Crippen molar-refractivity contribution in [3.05, 3.63) is 0 Å². The van der Waals surface area contributed by atoms with Gasteiger partial charge in [0.25, 0.3) is 0 Å². The van der Waals surface area contributed by atoms with Crippen LogP contribution in [0.3, 0.4) is 0 Å². The summed E-state index contributed by atoms with van der Waals surface area (Å²) in [6.07, 6.45) is 7.98. The molecule has 2 rings (SSSR count). The predicted octanol–water partition coefficient (Wildman–Crippen LogP) is 2.48. The van der Waals surface area contributed by atoms with E-state index in [4.69, 9.17) is 9.84 Å². The Morgan fingerprint density at radius 2 is 1.56 bits per heavy atom. The van der Waals surface area contributed by atoms with Gasteiger partial charge in [-0.2, -0.15) is 0 Å². The maximum absolute atomic E-state index is 10.7. The van der Waals surface area contributed by atoms with E-state index < -0.39 is 6.09 Å². The third-order valence-electron chi connectivity index (χ3n) is 3.65. The molecule has 1 aliphatic heterocycles. The number of ether oxygens (including phenoxy) is 1. The maximum Gasteiger partial charge on any atom is 0.407 e. The summed E-state index contributed by atoms with van der Waals surface area (Å²) in [6.45, 7) is 1.26. The number of amides is 1. The summed E-state index contributed by atoms with van der Waals surface area (Å²) in [5.74, 6) is 0. The molecule has 0 aromatic carbocycles. The van der Waals surface area contributed by atoms with E-state index in [9.17, 15) is 4.79 Å². The van der Waals surface area contributed by atoms with Crippen molar-refractivity contribution in [3.63, 3.8) is 0 Å². The number of hydrogen-bond donors (Lipinski definition) is 1. The van der Waals surface area contributed by atoms with Crippen molar-refractivity contribution in [2.45, 2.75) is 57.2 Å². The first kappa shape index (κ1) is 11.7. The normalized spacial score (nSPS) is 24.6. The van der Waals surface area contributed by atoms with Crippen LogP contribution < -0.4 is 0 Å². The summed E-state index contributed by atoms with van der Waals surface area (Å²) in [5, 5.41) is 8.83. The second-order valence-electron chi connectivity index (χ2n) is 4.87. The van der Waals surface area contributed by atoms with Gasteiger partial charge in [-0.25, -0.2) is 4.79 Å². The minimum atomic E-state index is -0.795. The fourth-order valence-corrected chi connectivity index (χ4v) is 2.66. The Labute approximate surface area is 96.6 Å². The number of hydrogen-bond acceptors (Lipinski definition) is 2. The van der Waals surface area contributed by atoms with Crippen LogP contribution in [0.1, 0.15) is 44.9 Å². The van der Waals surface area contributed by atoms with E-state index in [1.165, 1.54) is 37.0 Å². The second-order valence-corrected chi connectivity index (χ2v) is 4.87. The van der Waals surface area contributed by atoms with Crippen molar-refractivity contribution in [3.8, 4) is 0 Å². The number of rotatable bonds is 2. The molecule has 1 saturated carbocycles. The molecular formula is C12H21NO3. The van der Waals surface area contributed by atoms with Gasteiger partial charge >= 0.3 is 6.09 Å². The molecule has 1 heterocycles. The largest absolute Gasteiger partial charge is 0.465 e. The monoisotopic (exact) mass is 227 g/mol. The van der Waals surface area contributed by atoms with Gasteiger partial charge in [-0.15, -0.1) is 0 Å². The van der Waals surface area contributed by atoms with E-state index in [1.54, 1.807) is 0 Å². The summed E-state index contributed by atoms with van der Waals surface area (Å²) in [7, 11) is 0. The van der Waals surface area contributed by atoms with Crippen molar-refractivity contribution in [1.29, 1.82) is 0 Å². The molecule has 0 spiro atoms. The van der Waals surface area contributed by atoms with Crippen molar-refractivity contribution in [1.82, 2.24) is 4.90 Å². The molecule has 0 bridgehead atoms. The maximum atomic E-state index is 10.7. The van der Waals surface area contributed by atoms with Gasteiger partial charge in [-0.05, 0) is 25.7 Å². The van der Waals surface area contributed by atoms with Gasteiger partial charge in [0.2, 0.25) is 0 Å². The number of piperidine rings is 1. The molecule has 0 atom stereocenters. The van der Waals surface area contributed by atoms with E-state index in [0.29, 0.717) is 25.3 Å². The number of carboxylic acid groups (broad SMARTS) is 1. The van der Waals surface area contributed by atoms with Gasteiger partial charge < -0.3 is 14.7 Å². The Morgan fingerprint density at radius 1 is 1.00 bits per heavy atom. The average molecular weight is 227 g/mol. The van der Waals surface area contributed by atoms with Gasteiger partial charge in [0, 0.05) is 13.1 Å². The third kappa shape index (κ3) is 3.11. The molecule has 2 aliphatic rings. The zero-order chi connectivity index (χ0) is 11.4. The summed E-state index contributed by atoms with van der Waals surface area (Å²) >= 11 is 0. The van der Waals surface area contributed by atoms with Gasteiger partial charge in [0.05, 0.1) is 12.2 Å². The highest BCUT2D eigenvalue weighted by Gasteiger charge is 2.25. The molecule has 92 valence electrons. The lowest BCUT2D eigenvalue weighted by atomic mass is 9.97. The molecule has 1 N–H and O–H groups in total. The third-order valence-corrected chi connectivity index (χ3v) is 3.65. The van der Waals surface area contributed by atoms with Crippen LogP contribution in [0.25, 0.3) is 0 Å². The SMILES string of the molecule is O=C(O)N1CCC(OC2CCCCC2)CC1. The summed E-state index contributed by atoms with van der Waals surface area (Å²) in [6, 6.07) is 0. The quantitative estimate of drug-likeness (QED) is 0.788. The van der Waals surface area contributed by atoms with E-state index in [1.807, 2.05) is 0 Å². The number of likely N-dealkylation sites (tertiary alicyclic amines) is 1. The Balaban J connectivity index is 1.70. The Hall–Kier alpha value is -0.770. The fraction of sp³-hybridized carbons (Fsp3) is 0.917. The van der Waals surface area contributed by atoms with E-state index in [0.717, 1.165) is 12.8 Å². The van der Waals surface area contributed by atoms with Crippen LogP contribution in [0, 0.1) is 0 Å². The van der Waals surface area contributed by atoms with Gasteiger partial charge in [0.15, 0.2) is 0 Å². The van der Waals surface area contributed by atoms with E-state index in [-0.39, 0.29) is 0 Å². The van der Waals surface area contributed by atoms with Crippen LogP contribution in [0.2, 0.25) is 0 Å². The van der Waals surface area contributed by atoms with Gasteiger partial charge in [-0.1, -0.05) is 19.3 Å². The molecule has 4 heteroatoms. The smallest absolute Gasteiger partial charge is 0.407 e. The van der Waals surface area contributed by atoms with Crippen LogP contribution >= 0.6 is 0 Å². The van der Waals surface area contributed by atoms with Crippen LogP contribution in [0.5, 0.6) is 0 Å². The lowest BCUT2D eigenvalue weighted by Gasteiger charge is -2.33. The van der Waals surface area contributed by atoms with E-state index in [2.05, 4.69) is 0 Å². The molecule has 0 aromatic heterocycles. The lowest BCUT2D eigenvalue weighted by Crippen LogP contribution is -2.41. The molecular weight excluding hydrogens is 206 g/mol. The first-order chi connectivity index (χ1) is 7.75. The van der Waals surface area contributed by atoms with Crippen molar-refractivity contribution < 1.29 is 14.6 Å². The van der Waals surface area contributed by atoms with Gasteiger partial charge in [-0.3, -0.25) is 0 Å². The minimum Gasteiger partial charge on any atom is -0.465 e. The zero-order valence-corrected chi connectivity index (χ0v) is 9.73. The molecule has 0 unspecified atom stereocenters. The number of carbonyl (C=O) groups is 1. The summed E-state index contributed by atoms with van der Waals surface area (Å²) in [5.41, 5.74) is 0. The van der Waals surface area contributed by atoms with Crippen molar-refractivity contribution in [2.75, 3.05) is 13.1 Å². The van der Waals surface area contributed by atoms with Crippen LogP contribution in [0.4, 0.5) is 4.79 Å². The summed E-state index contributed by atoms with van der Waals surface area (Å²) < 4.78 is 6.04. The molecule has 1 saturated heterocycles. The standard InChI is InChI=1S/C12H21NO3/c14-12(15)13-8-6-11(7-9-13)16-10-4-2-1-3-5-10/h10-11H,1-9H2,(H,14,15). The van der Waals surface area contributed by atoms with Gasteiger partial charge in [0.1, 0.15) is 0 Å². The van der Waals surface area contributed by atoms with Crippen LogP contribution in [-0.4, -0.2) is 41.4 Å². The Morgan fingerprint density at radius 3 is 2.12 bits per heavy atom. The molecule has 4 nitrogen and oxygen atoms in total. The molecule has 0 radical (unpaired) electrons. The highest BCUT2D eigenvalue weighted by Crippen LogP contribution is 2.24. The van der Waals surface area contributed by atoms with Crippen molar-refractivity contribution in [2.24, 2.45) is 0 Å². The first-order valence-electron chi connectivity index (χ1n) is 6.39. The highest BCUT2D eigenvalue weighted by molar-refractivity contribution is 5.64. The van der Waals surface area contributed by atoms with Crippen molar-refractivity contribution >= 4 is 6.09 Å². The lowest BCUT2D eigenvalue weighted by molar-refractivity contribution is -0.0531. The fourth-order valence-electron chi connectivity index (χ4n) is 2.66. The molecule has 0 aromatic rings. The zero-order valence-electron chi connectivity index (χ0n) is 9.73. The predicted molar refractivity (Wildman–Crippen MR) is 60.6 cm³/mol. The molecule has 1 amide bonds. The van der Waals surface area contributed by atoms with Crippen LogP contribution in [-0.2, 0) is 4.74 Å². The topological polar surface area (TPSA) is 49.8 Å². The molecule has 16 heavy (non-hydrogen) atoms. The molecule has 1 aliphatic carbocycles. The highest BCUT2D eigenvalue weighted by atomic mass is 16.5. The van der Waals surface area contributed by atoms with Crippen LogP contribution in [0.15, 0.2) is 0 Å². The van der Waals surface area contributed by atoms with E-state index >= 15 is 0 Å². The molecule has 2 fully saturated rings. The Bertz CT molecular complexity index is 230. The Kier molecular flexibility index (Phi) is 4.04. The summed E-state index contributed by atoms with van der Waals surface area (Å²) in [4.78, 5) is 12.2. The number of nitrogens with zero attached hydrogens (tertiary/aromatic N) is 1. The average Bonchev–Trinajstić information content (AvgIpc) is 2.31. The first-order valence-corrected chi connectivity index (χ1v) is 6.39. The minimum absolute atomic E-state index is 0.290. The second kappa shape index (κ2) is 5.53.